The van der Waals surface area contributed by atoms with Crippen LogP contribution in [0.3, 0.4) is 0 Å². The normalized spacial score (nSPS) is 11.6. The quantitative estimate of drug-likeness (QED) is 0.394. The molecule has 5 N–H and O–H groups in total. The van der Waals surface area contributed by atoms with E-state index < -0.39 is 0 Å². The van der Waals surface area contributed by atoms with E-state index in [4.69, 9.17) is 10.2 Å². The third-order valence-electron chi connectivity index (χ3n) is 4.38. The number of H-pyrrole nitrogens is 1. The number of aromatic amines is 1. The van der Waals surface area contributed by atoms with Crippen molar-refractivity contribution in [3.8, 4) is 11.3 Å². The van der Waals surface area contributed by atoms with Crippen LogP contribution in [0.15, 0.2) is 47.0 Å². The summed E-state index contributed by atoms with van der Waals surface area (Å²) < 4.78 is 5.61. The Morgan fingerprint density at radius 1 is 1.12 bits per heavy atom. The zero-order chi connectivity index (χ0) is 17.7. The molecule has 5 aromatic rings. The van der Waals surface area contributed by atoms with E-state index in [2.05, 4.69) is 25.5 Å². The van der Waals surface area contributed by atoms with Crippen LogP contribution in [0.5, 0.6) is 0 Å². The number of aromatic nitrogens is 4. The summed E-state index contributed by atoms with van der Waals surface area (Å²) >= 11 is 0. The van der Waals surface area contributed by atoms with Crippen molar-refractivity contribution >= 4 is 39.5 Å². The maximum Gasteiger partial charge on any atom is 0.222 e. The summed E-state index contributed by atoms with van der Waals surface area (Å²) in [6.07, 6.45) is 1.70. The Balaban J connectivity index is 1.64. The molecule has 8 nitrogen and oxygen atoms in total. The highest BCUT2D eigenvalue weighted by atomic mass is 16.3. The summed E-state index contributed by atoms with van der Waals surface area (Å²) in [5.74, 6) is 0.715. The molecular weight excluding hydrogens is 332 g/mol. The first-order valence-corrected chi connectivity index (χ1v) is 8.01. The Morgan fingerprint density at radius 3 is 2.81 bits per heavy atom. The van der Waals surface area contributed by atoms with Crippen molar-refractivity contribution in [2.45, 2.75) is 6.61 Å². The number of nitrogens with one attached hydrogen (secondary N) is 2. The molecule has 0 unspecified atom stereocenters. The van der Waals surface area contributed by atoms with E-state index in [0.717, 1.165) is 16.6 Å². The predicted molar refractivity (Wildman–Crippen MR) is 98.1 cm³/mol. The lowest BCUT2D eigenvalue weighted by molar-refractivity contribution is 0.283. The number of benzene rings is 2. The first-order chi connectivity index (χ1) is 12.7. The van der Waals surface area contributed by atoms with Gasteiger partial charge in [-0.25, -0.2) is 4.98 Å². The molecule has 0 saturated carbocycles. The van der Waals surface area contributed by atoms with Crippen LogP contribution in [0.1, 0.15) is 5.56 Å². The molecule has 4 heterocycles. The highest BCUT2D eigenvalue weighted by Gasteiger charge is 2.18. The van der Waals surface area contributed by atoms with Gasteiger partial charge < -0.3 is 20.6 Å². The summed E-state index contributed by atoms with van der Waals surface area (Å²) in [5, 5.41) is 20.6. The Kier molecular flexibility index (Phi) is 3.06. The Hall–Kier alpha value is -3.65. The molecule has 0 saturated heterocycles. The Morgan fingerprint density at radius 2 is 2.00 bits per heavy atom. The van der Waals surface area contributed by atoms with Gasteiger partial charge in [0.05, 0.1) is 23.5 Å². The van der Waals surface area contributed by atoms with Crippen LogP contribution < -0.4 is 11.1 Å². The van der Waals surface area contributed by atoms with Crippen molar-refractivity contribution in [1.29, 1.82) is 0 Å². The molecule has 0 aliphatic carbocycles. The van der Waals surface area contributed by atoms with Gasteiger partial charge >= 0.3 is 0 Å². The van der Waals surface area contributed by atoms with Crippen LogP contribution in [0, 0.1) is 0 Å². The van der Waals surface area contributed by atoms with E-state index >= 15 is 0 Å². The number of aliphatic hydroxyl groups is 1. The standard InChI is InChI=1S/C18H14N6O2/c19-18-21-13-7-9(12-5-6-20-24-12)1-2-10(13)17(23-18)22-16-11(8-25)14-3-4-15(16)26-14/h1-7,25H,8H2,(H,20,24)(H3,19,21,22,23). The number of nitrogens with zero attached hydrogens (tertiary/aromatic N) is 3. The van der Waals surface area contributed by atoms with Crippen LogP contribution >= 0.6 is 0 Å². The van der Waals surface area contributed by atoms with Gasteiger partial charge in [0.1, 0.15) is 11.4 Å². The summed E-state index contributed by atoms with van der Waals surface area (Å²) in [4.78, 5) is 8.67. The largest absolute Gasteiger partial charge is 0.455 e. The molecule has 26 heavy (non-hydrogen) atoms. The Labute approximate surface area is 147 Å². The molecule has 0 fully saturated rings. The maximum absolute atomic E-state index is 9.63. The van der Waals surface area contributed by atoms with Gasteiger partial charge in [-0.15, -0.1) is 0 Å². The van der Waals surface area contributed by atoms with Crippen molar-refractivity contribution < 1.29 is 9.52 Å². The molecule has 5 rings (SSSR count). The summed E-state index contributed by atoms with van der Waals surface area (Å²) in [7, 11) is 0. The fourth-order valence-electron chi connectivity index (χ4n) is 3.15. The van der Waals surface area contributed by atoms with E-state index in [1.165, 1.54) is 0 Å². The van der Waals surface area contributed by atoms with Crippen LogP contribution in [-0.4, -0.2) is 25.3 Å². The van der Waals surface area contributed by atoms with Crippen LogP contribution in [0.2, 0.25) is 0 Å². The average molecular weight is 346 g/mol. The number of nitrogen functional groups attached to an aromatic ring is 1. The van der Waals surface area contributed by atoms with Crippen molar-refractivity contribution in [2.24, 2.45) is 0 Å². The minimum absolute atomic E-state index is 0.131. The van der Waals surface area contributed by atoms with Gasteiger partial charge in [0.25, 0.3) is 0 Å². The second-order valence-corrected chi connectivity index (χ2v) is 5.93. The Bertz CT molecular complexity index is 1210. The summed E-state index contributed by atoms with van der Waals surface area (Å²) in [6.45, 7) is -0.131. The van der Waals surface area contributed by atoms with Crippen molar-refractivity contribution in [1.82, 2.24) is 20.2 Å². The van der Waals surface area contributed by atoms with Gasteiger partial charge in [0.15, 0.2) is 5.58 Å². The first-order valence-electron chi connectivity index (χ1n) is 8.01. The fourth-order valence-corrected chi connectivity index (χ4v) is 3.15. The van der Waals surface area contributed by atoms with Crippen LogP contribution in [0.25, 0.3) is 33.3 Å². The number of anilines is 3. The zero-order valence-corrected chi connectivity index (χ0v) is 13.5. The topological polar surface area (TPSA) is 126 Å². The molecule has 0 spiro atoms. The minimum atomic E-state index is -0.131. The van der Waals surface area contributed by atoms with E-state index in [0.29, 0.717) is 33.8 Å². The van der Waals surface area contributed by atoms with Gasteiger partial charge in [0, 0.05) is 22.7 Å². The lowest BCUT2D eigenvalue weighted by Gasteiger charge is -2.11. The number of nitrogens with two attached hydrogens (primary N) is 1. The van der Waals surface area contributed by atoms with Crippen molar-refractivity contribution in [2.75, 3.05) is 11.1 Å². The molecular formula is C18H14N6O2. The molecule has 1 aromatic carbocycles. The number of hydrogen-bond acceptors (Lipinski definition) is 7. The zero-order valence-electron chi connectivity index (χ0n) is 13.5. The van der Waals surface area contributed by atoms with E-state index in [-0.39, 0.29) is 12.6 Å². The van der Waals surface area contributed by atoms with Gasteiger partial charge in [-0.2, -0.15) is 10.1 Å². The lowest BCUT2D eigenvalue weighted by Crippen LogP contribution is -2.03. The minimum Gasteiger partial charge on any atom is -0.455 e. The first kappa shape index (κ1) is 14.7. The van der Waals surface area contributed by atoms with Crippen LogP contribution in [0.4, 0.5) is 17.5 Å². The summed E-state index contributed by atoms with van der Waals surface area (Å²) in [5.41, 5.74) is 11.1. The third kappa shape index (κ3) is 2.16. The number of aliphatic hydroxyl groups excluding tert-OH is 1. The highest BCUT2D eigenvalue weighted by Crippen LogP contribution is 2.37. The van der Waals surface area contributed by atoms with E-state index in [9.17, 15) is 5.11 Å². The molecule has 0 atom stereocenters. The monoisotopic (exact) mass is 346 g/mol. The predicted octanol–water partition coefficient (Wildman–Crippen LogP) is 3.02. The van der Waals surface area contributed by atoms with Crippen molar-refractivity contribution in [3.63, 3.8) is 0 Å². The molecule has 0 aliphatic heterocycles. The van der Waals surface area contributed by atoms with E-state index in [1.54, 1.807) is 6.20 Å². The highest BCUT2D eigenvalue weighted by molar-refractivity contribution is 5.97. The second-order valence-electron chi connectivity index (χ2n) is 5.93. The molecule has 2 bridgehead atoms. The second kappa shape index (κ2) is 5.43. The smallest absolute Gasteiger partial charge is 0.222 e. The van der Waals surface area contributed by atoms with Gasteiger partial charge in [-0.05, 0) is 30.3 Å². The molecule has 4 aromatic heterocycles. The number of fused-ring (bicyclic) bond motifs is 3. The maximum atomic E-state index is 9.63. The molecule has 0 radical (unpaired) electrons. The molecule has 8 heteroatoms. The van der Waals surface area contributed by atoms with Crippen LogP contribution in [-0.2, 0) is 6.61 Å². The average Bonchev–Trinajstić information content (AvgIpc) is 3.38. The lowest BCUT2D eigenvalue weighted by atomic mass is 10.1. The van der Waals surface area contributed by atoms with E-state index in [1.807, 2.05) is 36.4 Å². The number of furan rings is 2. The number of hydrogen-bond donors (Lipinski definition) is 4. The molecule has 0 aliphatic rings. The fraction of sp³-hybridized carbons (Fsp3) is 0.0556. The SMILES string of the molecule is Nc1nc(Nc2c(CO)c3ccc2o3)c2ccc(-c3ccn[nH]3)cc2n1. The third-order valence-corrected chi connectivity index (χ3v) is 4.38. The number of rotatable bonds is 4. The summed E-state index contributed by atoms with van der Waals surface area (Å²) in [6, 6.07) is 11.4. The van der Waals surface area contributed by atoms with Crippen molar-refractivity contribution in [3.05, 3.63) is 48.2 Å². The molecule has 0 amide bonds. The molecule has 128 valence electrons. The van der Waals surface area contributed by atoms with Gasteiger partial charge in [-0.1, -0.05) is 6.07 Å². The van der Waals surface area contributed by atoms with Gasteiger partial charge in [-0.3, -0.25) is 5.10 Å². The van der Waals surface area contributed by atoms with Gasteiger partial charge in [0.2, 0.25) is 5.95 Å².